The summed E-state index contributed by atoms with van der Waals surface area (Å²) < 4.78 is 0.961. The Morgan fingerprint density at radius 2 is 1.75 bits per heavy atom. The Kier molecular flexibility index (Phi) is 5.21. The van der Waals surface area contributed by atoms with Crippen molar-refractivity contribution in [1.29, 1.82) is 0 Å². The minimum absolute atomic E-state index is 0.0565. The van der Waals surface area contributed by atoms with Gasteiger partial charge in [-0.3, -0.25) is 4.79 Å². The van der Waals surface area contributed by atoms with E-state index in [1.165, 1.54) is 0 Å². The summed E-state index contributed by atoms with van der Waals surface area (Å²) in [6.07, 6.45) is 0.777. The third-order valence-electron chi connectivity index (χ3n) is 2.94. The topological polar surface area (TPSA) is 29.1 Å². The van der Waals surface area contributed by atoms with E-state index in [0.29, 0.717) is 5.56 Å². The first-order valence-electron chi connectivity index (χ1n) is 6.35. The molecule has 0 fully saturated rings. The van der Waals surface area contributed by atoms with Gasteiger partial charge < -0.3 is 5.32 Å². The van der Waals surface area contributed by atoms with Crippen molar-refractivity contribution in [3.63, 3.8) is 0 Å². The van der Waals surface area contributed by atoms with Gasteiger partial charge in [-0.15, -0.1) is 0 Å². The largest absolute Gasteiger partial charge is 0.349 e. The minimum atomic E-state index is -0.0565. The molecule has 2 rings (SSSR count). The van der Waals surface area contributed by atoms with Crippen LogP contribution in [-0.4, -0.2) is 11.9 Å². The zero-order chi connectivity index (χ0) is 14.5. The summed E-state index contributed by atoms with van der Waals surface area (Å²) in [6.45, 7) is 1.99. The molecule has 0 saturated carbocycles. The van der Waals surface area contributed by atoms with Gasteiger partial charge in [0, 0.05) is 21.1 Å². The lowest BCUT2D eigenvalue weighted by molar-refractivity contribution is 0.0940. The standard InChI is InChI=1S/C16H15BrClNO/c1-11(10-12-2-8-15(18)9-3-12)19-16(20)13-4-6-14(17)7-5-13/h2-9,11H,10H2,1H3,(H,19,20). The maximum atomic E-state index is 12.1. The van der Waals surface area contributed by atoms with Gasteiger partial charge in [-0.25, -0.2) is 0 Å². The third kappa shape index (κ3) is 4.36. The number of nitrogens with one attached hydrogen (secondary N) is 1. The van der Waals surface area contributed by atoms with Crippen LogP contribution in [0.2, 0.25) is 5.02 Å². The molecule has 0 aliphatic heterocycles. The number of hydrogen-bond acceptors (Lipinski definition) is 1. The van der Waals surface area contributed by atoms with Crippen molar-refractivity contribution in [3.8, 4) is 0 Å². The molecule has 2 aromatic carbocycles. The second-order valence-corrected chi connectivity index (χ2v) is 6.06. The average molecular weight is 353 g/mol. The number of amides is 1. The van der Waals surface area contributed by atoms with Gasteiger partial charge in [-0.1, -0.05) is 39.7 Å². The number of carbonyl (C=O) groups excluding carboxylic acids is 1. The molecular weight excluding hydrogens is 338 g/mol. The van der Waals surface area contributed by atoms with E-state index in [0.717, 1.165) is 21.5 Å². The van der Waals surface area contributed by atoms with Crippen molar-refractivity contribution in [3.05, 3.63) is 69.2 Å². The van der Waals surface area contributed by atoms with Crippen molar-refractivity contribution in [2.75, 3.05) is 0 Å². The molecule has 20 heavy (non-hydrogen) atoms. The summed E-state index contributed by atoms with van der Waals surface area (Å²) in [5, 5.41) is 3.71. The summed E-state index contributed by atoms with van der Waals surface area (Å²) in [6, 6.07) is 15.1. The number of carbonyl (C=O) groups is 1. The normalized spacial score (nSPS) is 11.9. The molecule has 104 valence electrons. The van der Waals surface area contributed by atoms with Gasteiger partial charge in [0.25, 0.3) is 5.91 Å². The van der Waals surface area contributed by atoms with Crippen LogP contribution in [0.1, 0.15) is 22.8 Å². The van der Waals surface area contributed by atoms with Gasteiger partial charge in [-0.2, -0.15) is 0 Å². The van der Waals surface area contributed by atoms with Crippen molar-refractivity contribution < 1.29 is 4.79 Å². The SMILES string of the molecule is CC(Cc1ccc(Cl)cc1)NC(=O)c1ccc(Br)cc1. The van der Waals surface area contributed by atoms with Crippen molar-refractivity contribution >= 4 is 33.4 Å². The van der Waals surface area contributed by atoms with Crippen LogP contribution >= 0.6 is 27.5 Å². The molecule has 1 unspecified atom stereocenters. The van der Waals surface area contributed by atoms with Gasteiger partial charge in [-0.05, 0) is 55.3 Å². The van der Waals surface area contributed by atoms with Crippen molar-refractivity contribution in [2.24, 2.45) is 0 Å². The van der Waals surface area contributed by atoms with Crippen LogP contribution < -0.4 is 5.32 Å². The average Bonchev–Trinajstić information content (AvgIpc) is 2.42. The maximum Gasteiger partial charge on any atom is 0.251 e. The molecule has 0 heterocycles. The second kappa shape index (κ2) is 6.91. The van der Waals surface area contributed by atoms with Crippen LogP contribution in [0, 0.1) is 0 Å². The first-order chi connectivity index (χ1) is 9.54. The predicted octanol–water partition coefficient (Wildman–Crippen LogP) is 4.46. The summed E-state index contributed by atoms with van der Waals surface area (Å²) >= 11 is 9.20. The van der Waals surface area contributed by atoms with Crippen LogP contribution in [0.4, 0.5) is 0 Å². The van der Waals surface area contributed by atoms with Crippen LogP contribution in [0.3, 0.4) is 0 Å². The summed E-state index contributed by atoms with van der Waals surface area (Å²) in [4.78, 5) is 12.1. The summed E-state index contributed by atoms with van der Waals surface area (Å²) in [7, 11) is 0. The Labute approximate surface area is 132 Å². The molecule has 0 saturated heterocycles. The highest BCUT2D eigenvalue weighted by atomic mass is 79.9. The van der Waals surface area contributed by atoms with E-state index in [2.05, 4.69) is 21.2 Å². The van der Waals surface area contributed by atoms with Crippen molar-refractivity contribution in [1.82, 2.24) is 5.32 Å². The molecule has 1 N–H and O–H groups in total. The highest BCUT2D eigenvalue weighted by molar-refractivity contribution is 9.10. The van der Waals surface area contributed by atoms with E-state index < -0.39 is 0 Å². The van der Waals surface area contributed by atoms with E-state index in [4.69, 9.17) is 11.6 Å². The van der Waals surface area contributed by atoms with Crippen molar-refractivity contribution in [2.45, 2.75) is 19.4 Å². The fourth-order valence-electron chi connectivity index (χ4n) is 1.93. The zero-order valence-corrected chi connectivity index (χ0v) is 13.4. The molecule has 0 aliphatic carbocycles. The Balaban J connectivity index is 1.93. The number of benzene rings is 2. The smallest absolute Gasteiger partial charge is 0.251 e. The summed E-state index contributed by atoms with van der Waals surface area (Å²) in [5.41, 5.74) is 1.81. The van der Waals surface area contributed by atoms with Crippen LogP contribution in [-0.2, 0) is 6.42 Å². The monoisotopic (exact) mass is 351 g/mol. The lowest BCUT2D eigenvalue weighted by Gasteiger charge is -2.14. The number of hydrogen-bond donors (Lipinski definition) is 1. The molecule has 0 aromatic heterocycles. The van der Waals surface area contributed by atoms with E-state index in [-0.39, 0.29) is 11.9 Å². The summed E-state index contributed by atoms with van der Waals surface area (Å²) in [5.74, 6) is -0.0565. The highest BCUT2D eigenvalue weighted by Gasteiger charge is 2.10. The predicted molar refractivity (Wildman–Crippen MR) is 86.2 cm³/mol. The first-order valence-corrected chi connectivity index (χ1v) is 7.52. The molecule has 4 heteroatoms. The third-order valence-corrected chi connectivity index (χ3v) is 3.72. The highest BCUT2D eigenvalue weighted by Crippen LogP contribution is 2.12. The van der Waals surface area contributed by atoms with Crippen LogP contribution in [0.25, 0.3) is 0 Å². The quantitative estimate of drug-likeness (QED) is 0.864. The molecule has 1 amide bonds. The second-order valence-electron chi connectivity index (χ2n) is 4.71. The fourth-order valence-corrected chi connectivity index (χ4v) is 2.32. The van der Waals surface area contributed by atoms with Gasteiger partial charge in [0.1, 0.15) is 0 Å². The van der Waals surface area contributed by atoms with Gasteiger partial charge in [0.05, 0.1) is 0 Å². The number of halogens is 2. The van der Waals surface area contributed by atoms with E-state index in [9.17, 15) is 4.79 Å². The maximum absolute atomic E-state index is 12.1. The Hall–Kier alpha value is -1.32. The lowest BCUT2D eigenvalue weighted by atomic mass is 10.1. The zero-order valence-electron chi connectivity index (χ0n) is 11.1. The number of rotatable bonds is 4. The Morgan fingerprint density at radius 1 is 1.15 bits per heavy atom. The van der Waals surface area contributed by atoms with Crippen LogP contribution in [0.5, 0.6) is 0 Å². The molecule has 0 radical (unpaired) electrons. The van der Waals surface area contributed by atoms with E-state index in [1.807, 2.05) is 43.3 Å². The van der Waals surface area contributed by atoms with E-state index in [1.54, 1.807) is 12.1 Å². The Morgan fingerprint density at radius 3 is 2.35 bits per heavy atom. The van der Waals surface area contributed by atoms with E-state index >= 15 is 0 Å². The minimum Gasteiger partial charge on any atom is -0.349 e. The fraction of sp³-hybridized carbons (Fsp3) is 0.188. The molecule has 2 nitrogen and oxygen atoms in total. The van der Waals surface area contributed by atoms with Crippen LogP contribution in [0.15, 0.2) is 53.0 Å². The molecule has 2 aromatic rings. The molecule has 0 spiro atoms. The Bertz CT molecular complexity index is 580. The molecule has 1 atom stereocenters. The first kappa shape index (κ1) is 15.1. The molecular formula is C16H15BrClNO. The van der Waals surface area contributed by atoms with Gasteiger partial charge >= 0.3 is 0 Å². The van der Waals surface area contributed by atoms with Gasteiger partial charge in [0.15, 0.2) is 0 Å². The molecule has 0 bridgehead atoms. The lowest BCUT2D eigenvalue weighted by Crippen LogP contribution is -2.34. The molecule has 0 aliphatic rings. The van der Waals surface area contributed by atoms with Gasteiger partial charge in [0.2, 0.25) is 0 Å².